The van der Waals surface area contributed by atoms with Crippen molar-refractivity contribution in [1.82, 2.24) is 5.32 Å². The van der Waals surface area contributed by atoms with Gasteiger partial charge in [-0.05, 0) is 48.6 Å². The lowest BCUT2D eigenvalue weighted by Crippen LogP contribution is -2.40. The molecule has 0 saturated heterocycles. The largest absolute Gasteiger partial charge is 0.497 e. The van der Waals surface area contributed by atoms with Crippen LogP contribution in [0.1, 0.15) is 39.7 Å². The van der Waals surface area contributed by atoms with Crippen molar-refractivity contribution in [3.05, 3.63) is 28.2 Å². The second kappa shape index (κ2) is 7.30. The number of benzene rings is 1. The molecule has 0 bridgehead atoms. The Bertz CT molecular complexity index is 398. The van der Waals surface area contributed by atoms with Gasteiger partial charge >= 0.3 is 0 Å². The summed E-state index contributed by atoms with van der Waals surface area (Å²) in [6.45, 7) is 10.1. The van der Waals surface area contributed by atoms with E-state index in [4.69, 9.17) is 4.74 Å². The smallest absolute Gasteiger partial charge is 0.119 e. The van der Waals surface area contributed by atoms with Crippen LogP contribution in [0.5, 0.6) is 5.75 Å². The van der Waals surface area contributed by atoms with Crippen LogP contribution >= 0.6 is 15.9 Å². The van der Waals surface area contributed by atoms with Crippen molar-refractivity contribution in [2.75, 3.05) is 13.7 Å². The second-order valence-electron chi connectivity index (χ2n) is 5.97. The Morgan fingerprint density at radius 3 is 2.53 bits per heavy atom. The van der Waals surface area contributed by atoms with Gasteiger partial charge in [0.15, 0.2) is 0 Å². The molecular formula is C16H26BrNO. The van der Waals surface area contributed by atoms with E-state index in [1.54, 1.807) is 7.11 Å². The number of rotatable bonds is 6. The van der Waals surface area contributed by atoms with Crippen LogP contribution in [0.4, 0.5) is 0 Å². The number of nitrogens with one attached hydrogen (secondary N) is 1. The van der Waals surface area contributed by atoms with Crippen molar-refractivity contribution in [2.24, 2.45) is 5.41 Å². The van der Waals surface area contributed by atoms with Gasteiger partial charge < -0.3 is 10.1 Å². The summed E-state index contributed by atoms with van der Waals surface area (Å²) in [6, 6.07) is 6.69. The highest BCUT2D eigenvalue weighted by molar-refractivity contribution is 9.10. The third-order valence-electron chi connectivity index (χ3n) is 3.45. The maximum Gasteiger partial charge on any atom is 0.119 e. The molecule has 0 aliphatic carbocycles. The summed E-state index contributed by atoms with van der Waals surface area (Å²) in [5.41, 5.74) is 1.59. The summed E-state index contributed by atoms with van der Waals surface area (Å²) in [6.07, 6.45) is 2.18. The van der Waals surface area contributed by atoms with Crippen LogP contribution in [-0.2, 0) is 6.42 Å². The molecule has 0 aliphatic rings. The molecule has 1 aromatic rings. The average Bonchev–Trinajstić information content (AvgIpc) is 2.34. The number of hydrogen-bond donors (Lipinski definition) is 1. The maximum atomic E-state index is 5.29. The summed E-state index contributed by atoms with van der Waals surface area (Å²) in [7, 11) is 1.71. The fourth-order valence-electron chi connectivity index (χ4n) is 2.26. The lowest BCUT2D eigenvalue weighted by atomic mass is 9.83. The SMILES string of the molecule is CCNC(CCc1cc(OC)ccc1Br)C(C)(C)C. The van der Waals surface area contributed by atoms with E-state index in [2.05, 4.69) is 61.1 Å². The molecule has 1 unspecified atom stereocenters. The summed E-state index contributed by atoms with van der Waals surface area (Å²) < 4.78 is 6.46. The summed E-state index contributed by atoms with van der Waals surface area (Å²) >= 11 is 3.62. The highest BCUT2D eigenvalue weighted by atomic mass is 79.9. The second-order valence-corrected chi connectivity index (χ2v) is 6.83. The molecule has 1 rings (SSSR count). The molecule has 0 aromatic heterocycles. The van der Waals surface area contributed by atoms with Crippen molar-refractivity contribution in [3.63, 3.8) is 0 Å². The monoisotopic (exact) mass is 327 g/mol. The van der Waals surface area contributed by atoms with E-state index in [1.807, 2.05) is 6.07 Å². The standard InChI is InChI=1S/C16H26BrNO/c1-6-18-15(16(2,3)4)10-7-12-11-13(19-5)8-9-14(12)17/h8-9,11,15,18H,6-7,10H2,1-5H3. The van der Waals surface area contributed by atoms with Gasteiger partial charge in [0.1, 0.15) is 5.75 Å². The van der Waals surface area contributed by atoms with Gasteiger partial charge in [0.25, 0.3) is 0 Å². The van der Waals surface area contributed by atoms with Crippen LogP contribution < -0.4 is 10.1 Å². The van der Waals surface area contributed by atoms with Gasteiger partial charge in [-0.3, -0.25) is 0 Å². The Labute approximate surface area is 126 Å². The number of ether oxygens (including phenoxy) is 1. The molecule has 1 aromatic carbocycles. The molecule has 0 aliphatic heterocycles. The summed E-state index contributed by atoms with van der Waals surface area (Å²) in [5, 5.41) is 3.59. The average molecular weight is 328 g/mol. The minimum absolute atomic E-state index is 0.279. The first-order valence-corrected chi connectivity index (χ1v) is 7.73. The first kappa shape index (κ1) is 16.5. The lowest BCUT2D eigenvalue weighted by Gasteiger charge is -2.31. The quantitative estimate of drug-likeness (QED) is 0.835. The molecule has 0 fully saturated rings. The highest BCUT2D eigenvalue weighted by Gasteiger charge is 2.23. The molecule has 19 heavy (non-hydrogen) atoms. The Morgan fingerprint density at radius 2 is 2.00 bits per heavy atom. The Kier molecular flexibility index (Phi) is 6.34. The highest BCUT2D eigenvalue weighted by Crippen LogP contribution is 2.27. The topological polar surface area (TPSA) is 21.3 Å². The normalized spacial score (nSPS) is 13.4. The van der Waals surface area contributed by atoms with Gasteiger partial charge in [0, 0.05) is 10.5 Å². The lowest BCUT2D eigenvalue weighted by molar-refractivity contribution is 0.258. The molecule has 0 radical (unpaired) electrons. The van der Waals surface area contributed by atoms with Crippen molar-refractivity contribution in [1.29, 1.82) is 0 Å². The first-order chi connectivity index (χ1) is 8.88. The minimum atomic E-state index is 0.279. The van der Waals surface area contributed by atoms with Crippen LogP contribution in [0, 0.1) is 5.41 Å². The zero-order valence-corrected chi connectivity index (χ0v) is 14.3. The summed E-state index contributed by atoms with van der Waals surface area (Å²) in [5.74, 6) is 0.925. The van der Waals surface area contributed by atoms with E-state index < -0.39 is 0 Å². The van der Waals surface area contributed by atoms with Gasteiger partial charge in [0.05, 0.1) is 7.11 Å². The first-order valence-electron chi connectivity index (χ1n) is 6.94. The van der Waals surface area contributed by atoms with Gasteiger partial charge in [0.2, 0.25) is 0 Å². The van der Waals surface area contributed by atoms with E-state index in [9.17, 15) is 0 Å². The van der Waals surface area contributed by atoms with Crippen molar-refractivity contribution < 1.29 is 4.74 Å². The van der Waals surface area contributed by atoms with Crippen LogP contribution in [0.25, 0.3) is 0 Å². The maximum absolute atomic E-state index is 5.29. The zero-order valence-electron chi connectivity index (χ0n) is 12.7. The molecule has 3 heteroatoms. The Hall–Kier alpha value is -0.540. The van der Waals surface area contributed by atoms with Gasteiger partial charge in [-0.2, -0.15) is 0 Å². The van der Waals surface area contributed by atoms with Crippen molar-refractivity contribution in [2.45, 2.75) is 46.6 Å². The van der Waals surface area contributed by atoms with E-state index >= 15 is 0 Å². The Balaban J connectivity index is 2.73. The zero-order chi connectivity index (χ0) is 14.5. The molecule has 108 valence electrons. The molecule has 2 nitrogen and oxygen atoms in total. The molecule has 1 N–H and O–H groups in total. The van der Waals surface area contributed by atoms with Crippen LogP contribution in [0.3, 0.4) is 0 Å². The van der Waals surface area contributed by atoms with E-state index in [0.29, 0.717) is 6.04 Å². The van der Waals surface area contributed by atoms with Crippen LogP contribution in [0.2, 0.25) is 0 Å². The molecule has 0 heterocycles. The third-order valence-corrected chi connectivity index (χ3v) is 4.22. The molecule has 1 atom stereocenters. The molecule has 0 saturated carbocycles. The number of hydrogen-bond acceptors (Lipinski definition) is 2. The third kappa shape index (κ3) is 5.15. The fourth-order valence-corrected chi connectivity index (χ4v) is 2.70. The minimum Gasteiger partial charge on any atom is -0.497 e. The predicted octanol–water partition coefficient (Wildman–Crippen LogP) is 4.41. The number of methoxy groups -OCH3 is 1. The van der Waals surface area contributed by atoms with Crippen LogP contribution in [-0.4, -0.2) is 19.7 Å². The predicted molar refractivity (Wildman–Crippen MR) is 85.9 cm³/mol. The van der Waals surface area contributed by atoms with E-state index in [1.165, 1.54) is 5.56 Å². The molecule has 0 amide bonds. The fraction of sp³-hybridized carbons (Fsp3) is 0.625. The van der Waals surface area contributed by atoms with E-state index in [0.717, 1.165) is 29.6 Å². The van der Waals surface area contributed by atoms with Gasteiger partial charge in [-0.1, -0.05) is 43.6 Å². The number of halogens is 1. The Morgan fingerprint density at radius 1 is 1.32 bits per heavy atom. The van der Waals surface area contributed by atoms with Gasteiger partial charge in [-0.25, -0.2) is 0 Å². The van der Waals surface area contributed by atoms with Crippen molar-refractivity contribution in [3.8, 4) is 5.75 Å². The van der Waals surface area contributed by atoms with E-state index in [-0.39, 0.29) is 5.41 Å². The van der Waals surface area contributed by atoms with Crippen molar-refractivity contribution >= 4 is 15.9 Å². The molecular weight excluding hydrogens is 302 g/mol. The van der Waals surface area contributed by atoms with Crippen LogP contribution in [0.15, 0.2) is 22.7 Å². The molecule has 0 spiro atoms. The summed E-state index contributed by atoms with van der Waals surface area (Å²) in [4.78, 5) is 0. The van der Waals surface area contributed by atoms with Gasteiger partial charge in [-0.15, -0.1) is 0 Å². The number of aryl methyl sites for hydroxylation is 1.